The topological polar surface area (TPSA) is 41.5 Å². The van der Waals surface area contributed by atoms with E-state index in [0.717, 1.165) is 0 Å². The number of anilines is 1. The molecule has 0 amide bonds. The third-order valence-electron chi connectivity index (χ3n) is 3.19. The van der Waals surface area contributed by atoms with Gasteiger partial charge in [-0.3, -0.25) is 0 Å². The summed E-state index contributed by atoms with van der Waals surface area (Å²) in [5, 5.41) is 12.3. The lowest BCUT2D eigenvalue weighted by Gasteiger charge is -2.15. The number of hydrogen-bond donors (Lipinski definition) is 2. The van der Waals surface area contributed by atoms with Gasteiger partial charge in [-0.1, -0.05) is 0 Å². The van der Waals surface area contributed by atoms with Crippen LogP contribution in [-0.4, -0.2) is 23.6 Å². The smallest absolute Gasteiger partial charge is 0.416 e. The lowest BCUT2D eigenvalue weighted by Crippen LogP contribution is -2.20. The number of aliphatic hydroxyl groups is 1. The van der Waals surface area contributed by atoms with E-state index in [0.29, 0.717) is 10.2 Å². The fourth-order valence-corrected chi connectivity index (χ4v) is 2.35. The summed E-state index contributed by atoms with van der Waals surface area (Å²) in [6.07, 6.45) is -5.69. The number of ether oxygens (including phenoxy) is 1. The summed E-state index contributed by atoms with van der Waals surface area (Å²) >= 11 is 8.60. The zero-order valence-corrected chi connectivity index (χ0v) is 15.2. The third-order valence-corrected chi connectivity index (χ3v) is 4.20. The second kappa shape index (κ2) is 8.41. The molecule has 3 nitrogen and oxygen atoms in total. The molecule has 0 spiro atoms. The lowest BCUT2D eigenvalue weighted by atomic mass is 10.2. The van der Waals surface area contributed by atoms with Gasteiger partial charge in [-0.15, -0.1) is 11.6 Å². The normalized spacial score (nSPS) is 12.8. The zero-order valence-electron chi connectivity index (χ0n) is 12.9. The van der Waals surface area contributed by atoms with Gasteiger partial charge < -0.3 is 15.2 Å². The average molecular weight is 461 g/mol. The Labute approximate surface area is 158 Å². The first-order valence-corrected chi connectivity index (χ1v) is 8.46. The third kappa shape index (κ3) is 5.21. The molecule has 2 aromatic carbocycles. The van der Waals surface area contributed by atoms with Crippen molar-refractivity contribution in [2.45, 2.75) is 12.3 Å². The molecule has 0 bridgehead atoms. The molecule has 10 heteroatoms. The van der Waals surface area contributed by atoms with Crippen molar-refractivity contribution in [3.05, 3.63) is 52.0 Å². The van der Waals surface area contributed by atoms with Gasteiger partial charge in [0, 0.05) is 18.3 Å². The van der Waals surface area contributed by atoms with Crippen LogP contribution in [0.3, 0.4) is 0 Å². The summed E-state index contributed by atoms with van der Waals surface area (Å²) in [5.74, 6) is -3.96. The Balaban J connectivity index is 2.28. The number of hydrogen-bond acceptors (Lipinski definition) is 3. The first kappa shape index (κ1) is 20.7. The van der Waals surface area contributed by atoms with E-state index >= 15 is 0 Å². The summed E-state index contributed by atoms with van der Waals surface area (Å²) in [6, 6.07) is 4.78. The van der Waals surface area contributed by atoms with Crippen molar-refractivity contribution in [2.24, 2.45) is 0 Å². The van der Waals surface area contributed by atoms with Crippen molar-refractivity contribution < 1.29 is 31.8 Å². The molecule has 2 N–H and O–H groups in total. The number of aliphatic hydroxyl groups excluding tert-OH is 1. The molecule has 0 saturated heterocycles. The summed E-state index contributed by atoms with van der Waals surface area (Å²) < 4.78 is 71.0. The van der Waals surface area contributed by atoms with Gasteiger partial charge in [0.1, 0.15) is 5.75 Å². The molecule has 0 saturated carbocycles. The highest BCUT2D eigenvalue weighted by atomic mass is 79.9. The van der Waals surface area contributed by atoms with Gasteiger partial charge in [-0.05, 0) is 40.2 Å². The van der Waals surface area contributed by atoms with Gasteiger partial charge in [0.05, 0.1) is 22.0 Å². The Hall–Kier alpha value is -1.58. The summed E-state index contributed by atoms with van der Waals surface area (Å²) in [4.78, 5) is 0. The van der Waals surface area contributed by atoms with Crippen LogP contribution >= 0.6 is 27.5 Å². The van der Waals surface area contributed by atoms with Crippen molar-refractivity contribution in [2.75, 3.05) is 17.7 Å². The average Bonchev–Trinajstić information content (AvgIpc) is 2.56. The van der Waals surface area contributed by atoms with E-state index in [1.165, 1.54) is 12.1 Å². The first-order valence-electron chi connectivity index (χ1n) is 7.13. The fraction of sp³-hybridized carbons (Fsp3) is 0.250. The quantitative estimate of drug-likeness (QED) is 0.439. The van der Waals surface area contributed by atoms with Crippen LogP contribution in [0.25, 0.3) is 0 Å². The maximum absolute atomic E-state index is 13.9. The Morgan fingerprint density at radius 3 is 2.31 bits per heavy atom. The van der Waals surface area contributed by atoms with Crippen LogP contribution in [0.1, 0.15) is 5.56 Å². The van der Waals surface area contributed by atoms with E-state index in [2.05, 4.69) is 21.2 Å². The molecule has 0 aliphatic carbocycles. The van der Waals surface area contributed by atoms with Crippen molar-refractivity contribution in [3.8, 4) is 11.5 Å². The second-order valence-corrected chi connectivity index (χ2v) is 6.37. The van der Waals surface area contributed by atoms with E-state index in [-0.39, 0.29) is 30.3 Å². The SMILES string of the molecule is OC(CCl)CNc1ccc(Br)c(Oc2c(F)cc(C(F)(F)F)cc2F)c1. The molecule has 1 atom stereocenters. The van der Waals surface area contributed by atoms with E-state index < -0.39 is 35.2 Å². The Kier molecular flexibility index (Phi) is 6.70. The number of benzene rings is 2. The van der Waals surface area contributed by atoms with Gasteiger partial charge in [-0.2, -0.15) is 13.2 Å². The lowest BCUT2D eigenvalue weighted by molar-refractivity contribution is -0.138. The molecule has 0 aromatic heterocycles. The first-order chi connectivity index (χ1) is 12.1. The van der Waals surface area contributed by atoms with Crippen molar-refractivity contribution in [1.82, 2.24) is 0 Å². The van der Waals surface area contributed by atoms with Crippen LogP contribution in [-0.2, 0) is 6.18 Å². The number of halogens is 7. The van der Waals surface area contributed by atoms with Crippen LogP contribution < -0.4 is 10.1 Å². The van der Waals surface area contributed by atoms with E-state index in [1.54, 1.807) is 6.07 Å². The fourth-order valence-electron chi connectivity index (χ4n) is 1.91. The minimum atomic E-state index is -4.88. The Bertz CT molecular complexity index is 765. The molecule has 0 aliphatic heterocycles. The minimum absolute atomic E-state index is 0.00879. The predicted octanol–water partition coefficient (Wildman–Crippen LogP) is 5.55. The molecule has 1 unspecified atom stereocenters. The minimum Gasteiger partial charge on any atom is -0.450 e. The van der Waals surface area contributed by atoms with Gasteiger partial charge >= 0.3 is 6.18 Å². The van der Waals surface area contributed by atoms with Gasteiger partial charge in [0.25, 0.3) is 0 Å². The second-order valence-electron chi connectivity index (χ2n) is 5.20. The summed E-state index contributed by atoms with van der Waals surface area (Å²) in [6.45, 7) is 0.119. The van der Waals surface area contributed by atoms with Gasteiger partial charge in [-0.25, -0.2) is 8.78 Å². The van der Waals surface area contributed by atoms with Gasteiger partial charge in [0.15, 0.2) is 17.4 Å². The number of rotatable bonds is 6. The molecule has 0 aliphatic rings. The van der Waals surface area contributed by atoms with E-state index in [4.69, 9.17) is 16.3 Å². The Morgan fingerprint density at radius 1 is 1.15 bits per heavy atom. The molecule has 0 heterocycles. The zero-order chi connectivity index (χ0) is 19.5. The predicted molar refractivity (Wildman–Crippen MR) is 90.8 cm³/mol. The monoisotopic (exact) mass is 459 g/mol. The largest absolute Gasteiger partial charge is 0.450 e. The molecular formula is C16H12BrClF5NO2. The standard InChI is InChI=1S/C16H12BrClF5NO2/c17-11-2-1-9(24-7-10(25)6-18)5-14(11)26-15-12(19)3-8(4-13(15)20)16(21,22)23/h1-5,10,24-25H,6-7H2. The maximum Gasteiger partial charge on any atom is 0.416 e. The highest BCUT2D eigenvalue weighted by molar-refractivity contribution is 9.10. The Morgan fingerprint density at radius 2 is 1.77 bits per heavy atom. The summed E-state index contributed by atoms with van der Waals surface area (Å²) in [7, 11) is 0. The molecule has 0 fully saturated rings. The highest BCUT2D eigenvalue weighted by Gasteiger charge is 2.33. The molecule has 142 valence electrons. The van der Waals surface area contributed by atoms with Crippen LogP contribution in [0.4, 0.5) is 27.6 Å². The van der Waals surface area contributed by atoms with Crippen molar-refractivity contribution in [3.63, 3.8) is 0 Å². The van der Waals surface area contributed by atoms with Crippen LogP contribution in [0, 0.1) is 11.6 Å². The molecule has 0 radical (unpaired) electrons. The molecular weight excluding hydrogens is 449 g/mol. The van der Waals surface area contributed by atoms with Crippen LogP contribution in [0.2, 0.25) is 0 Å². The van der Waals surface area contributed by atoms with Crippen molar-refractivity contribution >= 4 is 33.2 Å². The molecule has 2 aromatic rings. The van der Waals surface area contributed by atoms with Crippen LogP contribution in [0.15, 0.2) is 34.8 Å². The van der Waals surface area contributed by atoms with E-state index in [1.807, 2.05) is 0 Å². The van der Waals surface area contributed by atoms with Gasteiger partial charge in [0.2, 0.25) is 0 Å². The summed E-state index contributed by atoms with van der Waals surface area (Å²) in [5.41, 5.74) is -1.01. The van der Waals surface area contributed by atoms with Crippen LogP contribution in [0.5, 0.6) is 11.5 Å². The molecule has 2 rings (SSSR count). The highest BCUT2D eigenvalue weighted by Crippen LogP contribution is 2.38. The molecule has 26 heavy (non-hydrogen) atoms. The number of nitrogens with one attached hydrogen (secondary N) is 1. The number of alkyl halides is 4. The maximum atomic E-state index is 13.9. The van der Waals surface area contributed by atoms with E-state index in [9.17, 15) is 27.1 Å². The van der Waals surface area contributed by atoms with Crippen molar-refractivity contribution in [1.29, 1.82) is 0 Å².